The van der Waals surface area contributed by atoms with Crippen LogP contribution < -0.4 is 10.6 Å². The second-order valence-corrected chi connectivity index (χ2v) is 4.64. The van der Waals surface area contributed by atoms with Crippen LogP contribution in [0.2, 0.25) is 10.0 Å². The van der Waals surface area contributed by atoms with Crippen molar-refractivity contribution in [3.8, 4) is 0 Å². The maximum absolute atomic E-state index is 6.06. The molecule has 1 saturated heterocycles. The number of morpholine rings is 1. The van der Waals surface area contributed by atoms with E-state index in [-0.39, 0.29) is 0 Å². The number of nitrogen functional groups attached to an aromatic ring is 1. The molecule has 0 spiro atoms. The lowest BCUT2D eigenvalue weighted by Crippen LogP contribution is -2.37. The SMILES string of the molecule is Cc1cc(Cl)c(Cl)c(N)c1N1CCOCC1. The highest BCUT2D eigenvalue weighted by Crippen LogP contribution is 2.39. The van der Waals surface area contributed by atoms with Crippen molar-refractivity contribution in [2.75, 3.05) is 36.9 Å². The number of halogens is 2. The first-order chi connectivity index (χ1) is 7.61. The van der Waals surface area contributed by atoms with E-state index in [0.717, 1.165) is 37.6 Å². The Morgan fingerprint density at radius 2 is 1.94 bits per heavy atom. The summed E-state index contributed by atoms with van der Waals surface area (Å²) in [5.74, 6) is 0. The Hall–Kier alpha value is -0.640. The van der Waals surface area contributed by atoms with Crippen LogP contribution in [0.1, 0.15) is 5.56 Å². The standard InChI is InChI=1S/C11H14Cl2N2O/c1-7-6-8(12)9(13)10(14)11(7)15-2-4-16-5-3-15/h6H,2-5,14H2,1H3. The maximum Gasteiger partial charge on any atom is 0.0843 e. The van der Waals surface area contributed by atoms with Gasteiger partial charge in [0.15, 0.2) is 0 Å². The molecule has 1 aromatic carbocycles. The van der Waals surface area contributed by atoms with Crippen LogP contribution in [0.3, 0.4) is 0 Å². The zero-order chi connectivity index (χ0) is 11.7. The van der Waals surface area contributed by atoms with Crippen LogP contribution >= 0.6 is 23.2 Å². The molecule has 16 heavy (non-hydrogen) atoms. The quantitative estimate of drug-likeness (QED) is 0.790. The fraction of sp³-hybridized carbons (Fsp3) is 0.455. The summed E-state index contributed by atoms with van der Waals surface area (Å²) in [4.78, 5) is 2.19. The molecule has 1 aromatic rings. The van der Waals surface area contributed by atoms with Gasteiger partial charge in [0.1, 0.15) is 0 Å². The van der Waals surface area contributed by atoms with Gasteiger partial charge < -0.3 is 15.4 Å². The van der Waals surface area contributed by atoms with Crippen molar-refractivity contribution in [2.45, 2.75) is 6.92 Å². The highest BCUT2D eigenvalue weighted by molar-refractivity contribution is 6.44. The lowest BCUT2D eigenvalue weighted by molar-refractivity contribution is 0.122. The van der Waals surface area contributed by atoms with Crippen LogP contribution in [-0.4, -0.2) is 26.3 Å². The predicted octanol–water partition coefficient (Wildman–Crippen LogP) is 2.72. The zero-order valence-corrected chi connectivity index (χ0v) is 10.6. The second kappa shape index (κ2) is 4.70. The summed E-state index contributed by atoms with van der Waals surface area (Å²) in [5.41, 5.74) is 8.61. The largest absolute Gasteiger partial charge is 0.396 e. The first-order valence-corrected chi connectivity index (χ1v) is 5.93. The molecule has 0 aromatic heterocycles. The fourth-order valence-corrected chi connectivity index (χ4v) is 2.38. The summed E-state index contributed by atoms with van der Waals surface area (Å²) in [6.45, 7) is 5.10. The lowest BCUT2D eigenvalue weighted by Gasteiger charge is -2.31. The molecule has 1 aliphatic heterocycles. The summed E-state index contributed by atoms with van der Waals surface area (Å²) < 4.78 is 5.31. The van der Waals surface area contributed by atoms with E-state index in [2.05, 4.69) is 4.90 Å². The molecule has 88 valence electrons. The van der Waals surface area contributed by atoms with Gasteiger partial charge in [0.2, 0.25) is 0 Å². The molecule has 3 nitrogen and oxygen atoms in total. The average molecular weight is 261 g/mol. The van der Waals surface area contributed by atoms with Crippen molar-refractivity contribution in [1.29, 1.82) is 0 Å². The molecule has 1 aliphatic rings. The second-order valence-electron chi connectivity index (χ2n) is 3.85. The van der Waals surface area contributed by atoms with E-state index in [1.807, 2.05) is 13.0 Å². The normalized spacial score (nSPS) is 16.6. The van der Waals surface area contributed by atoms with Gasteiger partial charge in [-0.15, -0.1) is 0 Å². The van der Waals surface area contributed by atoms with Crippen LogP contribution in [0.25, 0.3) is 0 Å². The molecular weight excluding hydrogens is 247 g/mol. The highest BCUT2D eigenvalue weighted by Gasteiger charge is 2.19. The molecule has 5 heteroatoms. The molecule has 0 aliphatic carbocycles. The number of benzene rings is 1. The molecule has 0 atom stereocenters. The van der Waals surface area contributed by atoms with Gasteiger partial charge in [0.25, 0.3) is 0 Å². The number of nitrogens with zero attached hydrogens (tertiary/aromatic N) is 1. The number of anilines is 2. The smallest absolute Gasteiger partial charge is 0.0843 e. The summed E-state index contributed by atoms with van der Waals surface area (Å²) >= 11 is 12.0. The molecule has 0 unspecified atom stereocenters. The third-order valence-corrected chi connectivity index (χ3v) is 3.55. The van der Waals surface area contributed by atoms with E-state index < -0.39 is 0 Å². The third kappa shape index (κ3) is 2.08. The Morgan fingerprint density at radius 1 is 1.31 bits per heavy atom. The van der Waals surface area contributed by atoms with Gasteiger partial charge in [-0.1, -0.05) is 23.2 Å². The van der Waals surface area contributed by atoms with Gasteiger partial charge in [-0.25, -0.2) is 0 Å². The molecule has 2 rings (SSSR count). The van der Waals surface area contributed by atoms with Crippen molar-refractivity contribution in [3.05, 3.63) is 21.7 Å². The Labute approximate surface area is 105 Å². The molecule has 0 radical (unpaired) electrons. The van der Waals surface area contributed by atoms with E-state index in [4.69, 9.17) is 33.7 Å². The van der Waals surface area contributed by atoms with Gasteiger partial charge in [-0.2, -0.15) is 0 Å². The van der Waals surface area contributed by atoms with E-state index in [1.165, 1.54) is 0 Å². The van der Waals surface area contributed by atoms with E-state index >= 15 is 0 Å². The minimum absolute atomic E-state index is 0.439. The number of rotatable bonds is 1. The van der Waals surface area contributed by atoms with Gasteiger partial charge >= 0.3 is 0 Å². The maximum atomic E-state index is 6.06. The summed E-state index contributed by atoms with van der Waals surface area (Å²) in [6, 6.07) is 1.85. The summed E-state index contributed by atoms with van der Waals surface area (Å²) in [6.07, 6.45) is 0. The Balaban J connectivity index is 2.42. The van der Waals surface area contributed by atoms with Crippen LogP contribution in [0, 0.1) is 6.92 Å². The summed E-state index contributed by atoms with van der Waals surface area (Å²) in [7, 11) is 0. The number of nitrogens with two attached hydrogens (primary N) is 1. The first-order valence-electron chi connectivity index (χ1n) is 5.18. The lowest BCUT2D eigenvalue weighted by atomic mass is 10.1. The van der Waals surface area contributed by atoms with Crippen LogP contribution in [0.15, 0.2) is 6.07 Å². The van der Waals surface area contributed by atoms with E-state index in [9.17, 15) is 0 Å². The van der Waals surface area contributed by atoms with Crippen LogP contribution in [0.5, 0.6) is 0 Å². The molecule has 2 N–H and O–H groups in total. The van der Waals surface area contributed by atoms with Crippen molar-refractivity contribution in [2.24, 2.45) is 0 Å². The van der Waals surface area contributed by atoms with Crippen LogP contribution in [-0.2, 0) is 4.74 Å². The number of aryl methyl sites for hydroxylation is 1. The minimum atomic E-state index is 0.439. The predicted molar refractivity (Wildman–Crippen MR) is 68.6 cm³/mol. The van der Waals surface area contributed by atoms with E-state index in [1.54, 1.807) is 0 Å². The Kier molecular flexibility index (Phi) is 3.47. The van der Waals surface area contributed by atoms with Crippen molar-refractivity contribution in [3.63, 3.8) is 0 Å². The average Bonchev–Trinajstić information content (AvgIpc) is 2.28. The van der Waals surface area contributed by atoms with Crippen molar-refractivity contribution in [1.82, 2.24) is 0 Å². The molecule has 0 bridgehead atoms. The number of hydrogen-bond acceptors (Lipinski definition) is 3. The fourth-order valence-electron chi connectivity index (χ4n) is 1.97. The van der Waals surface area contributed by atoms with Crippen molar-refractivity contribution < 1.29 is 4.74 Å². The Bertz CT molecular complexity index is 403. The monoisotopic (exact) mass is 260 g/mol. The van der Waals surface area contributed by atoms with Gasteiger partial charge in [0, 0.05) is 13.1 Å². The Morgan fingerprint density at radius 3 is 2.56 bits per heavy atom. The first kappa shape index (κ1) is 11.8. The number of hydrogen-bond donors (Lipinski definition) is 1. The van der Waals surface area contributed by atoms with Gasteiger partial charge in [-0.05, 0) is 18.6 Å². The minimum Gasteiger partial charge on any atom is -0.396 e. The zero-order valence-electron chi connectivity index (χ0n) is 9.09. The molecule has 0 amide bonds. The third-order valence-electron chi connectivity index (χ3n) is 2.75. The molecular formula is C11H14Cl2N2O. The highest BCUT2D eigenvalue weighted by atomic mass is 35.5. The molecule has 0 saturated carbocycles. The molecule has 1 heterocycles. The van der Waals surface area contributed by atoms with Crippen LogP contribution in [0.4, 0.5) is 11.4 Å². The number of ether oxygens (including phenoxy) is 1. The summed E-state index contributed by atoms with van der Waals surface area (Å²) in [5, 5.41) is 0.947. The van der Waals surface area contributed by atoms with E-state index in [0.29, 0.717) is 15.7 Å². The van der Waals surface area contributed by atoms with Gasteiger partial charge in [0.05, 0.1) is 34.6 Å². The van der Waals surface area contributed by atoms with Gasteiger partial charge in [-0.3, -0.25) is 0 Å². The topological polar surface area (TPSA) is 38.5 Å². The molecule has 1 fully saturated rings. The van der Waals surface area contributed by atoms with Crippen molar-refractivity contribution >= 4 is 34.6 Å².